The quantitative estimate of drug-likeness (QED) is 0.777. The van der Waals surface area contributed by atoms with E-state index in [1.807, 2.05) is 37.3 Å². The number of carbonyl (C=O) groups is 1. The standard InChI is InChI=1S/C11H16N2O/c1-9(13(2)11(12)14)8-10-6-4-3-5-7-10/h3-7,9H,8H2,1-2H3,(H2,12,14). The third kappa shape index (κ3) is 2.76. The summed E-state index contributed by atoms with van der Waals surface area (Å²) in [5.74, 6) is 0. The molecule has 2 N–H and O–H groups in total. The molecule has 1 aromatic rings. The lowest BCUT2D eigenvalue weighted by molar-refractivity contribution is 0.203. The van der Waals surface area contributed by atoms with Crippen LogP contribution in [0.1, 0.15) is 12.5 Å². The molecular formula is C11H16N2O. The van der Waals surface area contributed by atoms with Crippen LogP contribution in [0.3, 0.4) is 0 Å². The first-order valence-electron chi connectivity index (χ1n) is 4.67. The fourth-order valence-electron chi connectivity index (χ4n) is 1.31. The Kier molecular flexibility index (Phi) is 3.51. The summed E-state index contributed by atoms with van der Waals surface area (Å²) in [6, 6.07) is 9.81. The van der Waals surface area contributed by atoms with E-state index in [1.54, 1.807) is 11.9 Å². The zero-order valence-corrected chi connectivity index (χ0v) is 8.60. The number of nitrogens with two attached hydrogens (primary N) is 1. The highest BCUT2D eigenvalue weighted by Gasteiger charge is 2.12. The van der Waals surface area contributed by atoms with Crippen molar-refractivity contribution < 1.29 is 4.79 Å². The van der Waals surface area contributed by atoms with Crippen molar-refractivity contribution in [2.75, 3.05) is 7.05 Å². The fraction of sp³-hybridized carbons (Fsp3) is 0.364. The predicted molar refractivity (Wildman–Crippen MR) is 57.0 cm³/mol. The molecule has 14 heavy (non-hydrogen) atoms. The summed E-state index contributed by atoms with van der Waals surface area (Å²) in [6.07, 6.45) is 0.834. The van der Waals surface area contributed by atoms with Gasteiger partial charge in [0.1, 0.15) is 0 Å². The second kappa shape index (κ2) is 4.65. The van der Waals surface area contributed by atoms with Gasteiger partial charge in [-0.1, -0.05) is 30.3 Å². The van der Waals surface area contributed by atoms with Gasteiger partial charge in [0.2, 0.25) is 0 Å². The Balaban J connectivity index is 2.57. The van der Waals surface area contributed by atoms with Gasteiger partial charge in [-0.15, -0.1) is 0 Å². The summed E-state index contributed by atoms with van der Waals surface area (Å²) < 4.78 is 0. The van der Waals surface area contributed by atoms with Gasteiger partial charge in [-0.3, -0.25) is 0 Å². The highest BCUT2D eigenvalue weighted by molar-refractivity contribution is 5.71. The van der Waals surface area contributed by atoms with E-state index in [0.717, 1.165) is 6.42 Å². The van der Waals surface area contributed by atoms with E-state index < -0.39 is 0 Å². The predicted octanol–water partition coefficient (Wildman–Crippen LogP) is 1.63. The van der Waals surface area contributed by atoms with Crippen LogP contribution >= 0.6 is 0 Å². The van der Waals surface area contributed by atoms with Crippen molar-refractivity contribution in [3.05, 3.63) is 35.9 Å². The highest BCUT2D eigenvalue weighted by atomic mass is 16.2. The third-order valence-corrected chi connectivity index (χ3v) is 2.38. The van der Waals surface area contributed by atoms with E-state index in [2.05, 4.69) is 0 Å². The van der Waals surface area contributed by atoms with E-state index >= 15 is 0 Å². The second-order valence-electron chi connectivity index (χ2n) is 3.49. The van der Waals surface area contributed by atoms with Gasteiger partial charge in [-0.05, 0) is 18.9 Å². The molecule has 0 fully saturated rings. The van der Waals surface area contributed by atoms with Crippen molar-refractivity contribution in [2.24, 2.45) is 5.73 Å². The molecule has 0 aliphatic rings. The number of amides is 2. The van der Waals surface area contributed by atoms with Gasteiger partial charge in [0.15, 0.2) is 0 Å². The molecule has 1 atom stereocenters. The molecule has 76 valence electrons. The molecule has 2 amide bonds. The first-order chi connectivity index (χ1) is 6.61. The fourth-order valence-corrected chi connectivity index (χ4v) is 1.31. The number of primary amides is 1. The van der Waals surface area contributed by atoms with Crippen molar-refractivity contribution in [3.8, 4) is 0 Å². The summed E-state index contributed by atoms with van der Waals surface area (Å²) in [5, 5.41) is 0. The van der Waals surface area contributed by atoms with Gasteiger partial charge in [0, 0.05) is 13.1 Å². The molecule has 0 bridgehead atoms. The Morgan fingerprint density at radius 2 is 2.00 bits per heavy atom. The molecule has 3 heteroatoms. The molecule has 0 spiro atoms. The number of carbonyl (C=O) groups excluding carboxylic acids is 1. The highest BCUT2D eigenvalue weighted by Crippen LogP contribution is 2.06. The molecule has 0 saturated carbocycles. The summed E-state index contributed by atoms with van der Waals surface area (Å²) in [5.41, 5.74) is 6.39. The van der Waals surface area contributed by atoms with Crippen LogP contribution in [0.25, 0.3) is 0 Å². The third-order valence-electron chi connectivity index (χ3n) is 2.38. The van der Waals surface area contributed by atoms with E-state index in [-0.39, 0.29) is 12.1 Å². The minimum Gasteiger partial charge on any atom is -0.351 e. The maximum atomic E-state index is 10.9. The van der Waals surface area contributed by atoms with Crippen molar-refractivity contribution in [3.63, 3.8) is 0 Å². The van der Waals surface area contributed by atoms with E-state index in [4.69, 9.17) is 5.73 Å². The van der Waals surface area contributed by atoms with Crippen molar-refractivity contribution in [1.29, 1.82) is 0 Å². The number of benzene rings is 1. The SMILES string of the molecule is CC(Cc1ccccc1)N(C)C(N)=O. The van der Waals surface area contributed by atoms with Crippen molar-refractivity contribution in [1.82, 2.24) is 4.90 Å². The van der Waals surface area contributed by atoms with Gasteiger partial charge in [-0.25, -0.2) is 4.79 Å². The Morgan fingerprint density at radius 3 is 2.50 bits per heavy atom. The summed E-state index contributed by atoms with van der Waals surface area (Å²) >= 11 is 0. The van der Waals surface area contributed by atoms with Crippen LogP contribution in [0.2, 0.25) is 0 Å². The number of urea groups is 1. The number of rotatable bonds is 3. The van der Waals surface area contributed by atoms with Crippen LogP contribution in [0.15, 0.2) is 30.3 Å². The van der Waals surface area contributed by atoms with Crippen molar-refractivity contribution >= 4 is 6.03 Å². The summed E-state index contributed by atoms with van der Waals surface area (Å²) in [6.45, 7) is 1.98. The Hall–Kier alpha value is -1.51. The Bertz CT molecular complexity index is 297. The van der Waals surface area contributed by atoms with Gasteiger partial charge in [0.05, 0.1) is 0 Å². The lowest BCUT2D eigenvalue weighted by atomic mass is 10.1. The van der Waals surface area contributed by atoms with E-state index in [9.17, 15) is 4.79 Å². The maximum absolute atomic E-state index is 10.9. The molecular weight excluding hydrogens is 176 g/mol. The lowest BCUT2D eigenvalue weighted by Crippen LogP contribution is -2.39. The number of likely N-dealkylation sites (N-methyl/N-ethyl adjacent to an activating group) is 1. The van der Waals surface area contributed by atoms with Crippen LogP contribution in [0, 0.1) is 0 Å². The first-order valence-corrected chi connectivity index (χ1v) is 4.67. The molecule has 1 unspecified atom stereocenters. The van der Waals surface area contributed by atoms with Crippen molar-refractivity contribution in [2.45, 2.75) is 19.4 Å². The van der Waals surface area contributed by atoms with Crippen LogP contribution in [0.5, 0.6) is 0 Å². The lowest BCUT2D eigenvalue weighted by Gasteiger charge is -2.22. The molecule has 0 radical (unpaired) electrons. The maximum Gasteiger partial charge on any atom is 0.314 e. The van der Waals surface area contributed by atoms with Crippen LogP contribution in [-0.2, 0) is 6.42 Å². The zero-order valence-electron chi connectivity index (χ0n) is 8.60. The van der Waals surface area contributed by atoms with Gasteiger partial charge >= 0.3 is 6.03 Å². The van der Waals surface area contributed by atoms with Crippen LogP contribution in [-0.4, -0.2) is 24.0 Å². The topological polar surface area (TPSA) is 46.3 Å². The largest absolute Gasteiger partial charge is 0.351 e. The smallest absolute Gasteiger partial charge is 0.314 e. The molecule has 1 rings (SSSR count). The molecule has 1 aromatic carbocycles. The Labute approximate surface area is 84.5 Å². The van der Waals surface area contributed by atoms with Gasteiger partial charge < -0.3 is 10.6 Å². The minimum atomic E-state index is -0.381. The van der Waals surface area contributed by atoms with E-state index in [1.165, 1.54) is 5.56 Å². The van der Waals surface area contributed by atoms with Gasteiger partial charge in [0.25, 0.3) is 0 Å². The monoisotopic (exact) mass is 192 g/mol. The molecule has 0 saturated heterocycles. The molecule has 0 aliphatic heterocycles. The van der Waals surface area contributed by atoms with Crippen LogP contribution in [0.4, 0.5) is 4.79 Å². The second-order valence-corrected chi connectivity index (χ2v) is 3.49. The minimum absolute atomic E-state index is 0.134. The number of nitrogens with zero attached hydrogens (tertiary/aromatic N) is 1. The molecule has 0 aliphatic carbocycles. The van der Waals surface area contributed by atoms with E-state index in [0.29, 0.717) is 0 Å². The summed E-state index contributed by atoms with van der Waals surface area (Å²) in [7, 11) is 1.72. The van der Waals surface area contributed by atoms with Gasteiger partial charge in [-0.2, -0.15) is 0 Å². The van der Waals surface area contributed by atoms with Crippen LogP contribution < -0.4 is 5.73 Å². The molecule has 0 heterocycles. The average Bonchev–Trinajstić information content (AvgIpc) is 2.18. The molecule has 0 aromatic heterocycles. The zero-order chi connectivity index (χ0) is 10.6. The first kappa shape index (κ1) is 10.6. The summed E-state index contributed by atoms with van der Waals surface area (Å²) in [4.78, 5) is 12.4. The average molecular weight is 192 g/mol. The molecule has 3 nitrogen and oxygen atoms in total. The number of hydrogen-bond donors (Lipinski definition) is 1. The number of hydrogen-bond acceptors (Lipinski definition) is 1. The normalized spacial score (nSPS) is 12.1. The Morgan fingerprint density at radius 1 is 1.43 bits per heavy atom.